The van der Waals surface area contributed by atoms with Gasteiger partial charge >= 0.3 is 57.4 Å². The predicted octanol–water partition coefficient (Wildman–Crippen LogP) is -0.809. The van der Waals surface area contributed by atoms with Crippen LogP contribution in [0.3, 0.4) is 0 Å². The molecule has 0 aliphatic heterocycles. The molecular formula is C11H23KNO2-. The first kappa shape index (κ1) is 21.4. The van der Waals surface area contributed by atoms with Crippen LogP contribution in [0.5, 0.6) is 0 Å². The molecular weight excluding hydrogens is 217 g/mol. The first-order chi connectivity index (χ1) is 6.66. The summed E-state index contributed by atoms with van der Waals surface area (Å²) in [4.78, 5) is 10.6. The summed E-state index contributed by atoms with van der Waals surface area (Å²) in [5.41, 5.74) is 0. The van der Waals surface area contributed by atoms with Crippen LogP contribution in [0, 0.1) is 19.4 Å². The van der Waals surface area contributed by atoms with E-state index >= 15 is 0 Å². The van der Waals surface area contributed by atoms with E-state index < -0.39 is 0 Å². The Labute approximate surface area is 137 Å². The molecule has 3 nitrogen and oxygen atoms in total. The Morgan fingerprint density at radius 2 is 2.00 bits per heavy atom. The van der Waals surface area contributed by atoms with Crippen LogP contribution in [0.2, 0.25) is 0 Å². The van der Waals surface area contributed by atoms with E-state index in [1.165, 1.54) is 7.11 Å². The standard InChI is InChI=1S/C9H18NO2.C2H5.K/c1-8(2)7-10-6-4-5-9(11)12-3;1-2;/h7-8,10H,4-6H2,1-3H3;1H2,2H3;/q2*-1;+1. The molecule has 0 aromatic heterocycles. The van der Waals surface area contributed by atoms with Crippen molar-refractivity contribution in [3.8, 4) is 0 Å². The molecule has 0 radical (unpaired) electrons. The Hall–Kier alpha value is 1.07. The van der Waals surface area contributed by atoms with Gasteiger partial charge in [0.1, 0.15) is 0 Å². The third kappa shape index (κ3) is 21.0. The smallest absolute Gasteiger partial charge is 0.470 e. The topological polar surface area (TPSA) is 38.3 Å². The van der Waals surface area contributed by atoms with Gasteiger partial charge in [0.2, 0.25) is 0 Å². The third-order valence-electron chi connectivity index (χ3n) is 1.38. The average Bonchev–Trinajstić information content (AvgIpc) is 2.19. The van der Waals surface area contributed by atoms with Gasteiger partial charge in [0.15, 0.2) is 0 Å². The maximum Gasteiger partial charge on any atom is 1.00 e. The summed E-state index contributed by atoms with van der Waals surface area (Å²) >= 11 is 0. The number of carbonyl (C=O) groups is 1. The summed E-state index contributed by atoms with van der Waals surface area (Å²) in [6, 6.07) is 0. The minimum absolute atomic E-state index is 0. The molecule has 0 bridgehead atoms. The van der Waals surface area contributed by atoms with Crippen LogP contribution in [0.25, 0.3) is 0 Å². The van der Waals surface area contributed by atoms with Crippen LogP contribution in [0.4, 0.5) is 0 Å². The Kier molecular flexibility index (Phi) is 24.9. The van der Waals surface area contributed by atoms with Gasteiger partial charge in [-0.2, -0.15) is 12.8 Å². The van der Waals surface area contributed by atoms with Crippen molar-refractivity contribution in [1.29, 1.82) is 0 Å². The Morgan fingerprint density at radius 1 is 1.47 bits per heavy atom. The maximum absolute atomic E-state index is 10.6. The molecule has 0 aliphatic rings. The van der Waals surface area contributed by atoms with Gasteiger partial charge in [-0.15, -0.1) is 0 Å². The molecule has 0 saturated carbocycles. The molecule has 0 aliphatic carbocycles. The zero-order valence-electron chi connectivity index (χ0n) is 10.8. The second-order valence-electron chi connectivity index (χ2n) is 3.04. The molecule has 4 heteroatoms. The molecule has 0 heterocycles. The normalized spacial score (nSPS) is 8.67. The predicted molar refractivity (Wildman–Crippen MR) is 59.4 cm³/mol. The maximum atomic E-state index is 10.6. The fourth-order valence-electron chi connectivity index (χ4n) is 0.756. The van der Waals surface area contributed by atoms with Gasteiger partial charge < -0.3 is 17.0 Å². The monoisotopic (exact) mass is 240 g/mol. The number of carbonyl (C=O) groups excluding carboxylic acids is 1. The van der Waals surface area contributed by atoms with Crippen molar-refractivity contribution in [1.82, 2.24) is 5.32 Å². The van der Waals surface area contributed by atoms with Crippen molar-refractivity contribution in [2.75, 3.05) is 13.7 Å². The summed E-state index contributed by atoms with van der Waals surface area (Å²) in [5.74, 6) is 0.407. The van der Waals surface area contributed by atoms with E-state index in [1.807, 2.05) is 6.54 Å². The van der Waals surface area contributed by atoms with E-state index in [0.717, 1.165) is 13.0 Å². The van der Waals surface area contributed by atoms with Crippen LogP contribution in [-0.4, -0.2) is 19.6 Å². The number of esters is 1. The van der Waals surface area contributed by atoms with Crippen molar-refractivity contribution < 1.29 is 60.9 Å². The summed E-state index contributed by atoms with van der Waals surface area (Å²) in [6.07, 6.45) is 1.32. The number of hydrogen-bond donors (Lipinski definition) is 1. The van der Waals surface area contributed by atoms with E-state index in [2.05, 4.69) is 30.8 Å². The number of hydrogen-bond acceptors (Lipinski definition) is 3. The fraction of sp³-hybridized carbons (Fsp3) is 0.727. The van der Waals surface area contributed by atoms with Gasteiger partial charge in [-0.25, -0.2) is 0 Å². The average molecular weight is 240 g/mol. The molecule has 0 rings (SSSR count). The summed E-state index contributed by atoms with van der Waals surface area (Å²) in [5, 5.41) is 3.13. The number of methoxy groups -OCH3 is 1. The van der Waals surface area contributed by atoms with E-state index in [4.69, 9.17) is 0 Å². The third-order valence-corrected chi connectivity index (χ3v) is 1.38. The minimum Gasteiger partial charge on any atom is -0.470 e. The van der Waals surface area contributed by atoms with E-state index in [0.29, 0.717) is 12.3 Å². The number of ether oxygens (including phenoxy) is 1. The molecule has 0 fully saturated rings. The largest absolute Gasteiger partial charge is 1.00 e. The molecule has 0 saturated heterocycles. The SMILES string of the molecule is COC(=O)CCCN[CH-]C(C)C.[CH2-]C.[K+]. The molecule has 0 aromatic carbocycles. The Morgan fingerprint density at radius 3 is 2.40 bits per heavy atom. The summed E-state index contributed by atoms with van der Waals surface area (Å²) in [7, 11) is 1.41. The summed E-state index contributed by atoms with van der Waals surface area (Å²) in [6.45, 7) is 12.1. The molecule has 0 aromatic rings. The molecule has 86 valence electrons. The van der Waals surface area contributed by atoms with Gasteiger partial charge in [-0.05, 0) is 13.0 Å². The molecule has 15 heavy (non-hydrogen) atoms. The first-order valence-corrected chi connectivity index (χ1v) is 5.01. The second kappa shape index (κ2) is 17.5. The van der Waals surface area contributed by atoms with Crippen molar-refractivity contribution >= 4 is 5.97 Å². The van der Waals surface area contributed by atoms with Gasteiger partial charge in [-0.1, -0.05) is 13.8 Å². The fourth-order valence-corrected chi connectivity index (χ4v) is 0.756. The van der Waals surface area contributed by atoms with Gasteiger partial charge in [-0.3, -0.25) is 11.3 Å². The first-order valence-electron chi connectivity index (χ1n) is 5.01. The molecule has 0 amide bonds. The van der Waals surface area contributed by atoms with E-state index in [9.17, 15) is 4.79 Å². The van der Waals surface area contributed by atoms with Crippen LogP contribution in [-0.2, 0) is 9.53 Å². The number of nitrogens with one attached hydrogen (secondary N) is 1. The van der Waals surface area contributed by atoms with Crippen molar-refractivity contribution in [3.05, 3.63) is 13.5 Å². The van der Waals surface area contributed by atoms with Crippen LogP contribution in [0.1, 0.15) is 33.6 Å². The second-order valence-corrected chi connectivity index (χ2v) is 3.04. The van der Waals surface area contributed by atoms with Gasteiger partial charge in [0.05, 0.1) is 7.11 Å². The molecule has 0 atom stereocenters. The molecule has 1 N–H and O–H groups in total. The van der Waals surface area contributed by atoms with Crippen molar-refractivity contribution in [2.45, 2.75) is 33.6 Å². The summed E-state index contributed by atoms with van der Waals surface area (Å²) < 4.78 is 4.50. The Bertz CT molecular complexity index is 130. The van der Waals surface area contributed by atoms with Crippen LogP contribution < -0.4 is 56.7 Å². The minimum atomic E-state index is -0.138. The van der Waals surface area contributed by atoms with E-state index in [1.54, 1.807) is 6.92 Å². The van der Waals surface area contributed by atoms with E-state index in [-0.39, 0.29) is 57.4 Å². The quantitative estimate of drug-likeness (QED) is 0.286. The van der Waals surface area contributed by atoms with Crippen molar-refractivity contribution in [3.63, 3.8) is 0 Å². The zero-order valence-corrected chi connectivity index (χ0v) is 13.9. The Balaban J connectivity index is -0.000000449. The van der Waals surface area contributed by atoms with Crippen LogP contribution in [0.15, 0.2) is 0 Å². The molecule has 0 unspecified atom stereocenters. The molecule has 0 spiro atoms. The zero-order chi connectivity index (χ0) is 11.4. The van der Waals surface area contributed by atoms with Gasteiger partial charge in [0, 0.05) is 6.42 Å². The van der Waals surface area contributed by atoms with Crippen LogP contribution >= 0.6 is 0 Å². The number of rotatable bonds is 6. The van der Waals surface area contributed by atoms with Gasteiger partial charge in [0.25, 0.3) is 0 Å². The van der Waals surface area contributed by atoms with Crippen molar-refractivity contribution in [2.24, 2.45) is 5.92 Å².